The van der Waals surface area contributed by atoms with Gasteiger partial charge in [-0.3, -0.25) is 4.79 Å². The van der Waals surface area contributed by atoms with Crippen molar-refractivity contribution in [2.45, 2.75) is 38.0 Å². The number of nitrogens with zero attached hydrogens (tertiary/aromatic N) is 5. The molecule has 0 aliphatic carbocycles. The number of nitrogens with one attached hydrogen (secondary N) is 1. The van der Waals surface area contributed by atoms with E-state index in [1.54, 1.807) is 4.90 Å². The van der Waals surface area contributed by atoms with Gasteiger partial charge >= 0.3 is 6.18 Å². The number of hydrogen-bond acceptors (Lipinski definition) is 5. The van der Waals surface area contributed by atoms with Crippen LogP contribution in [0, 0.1) is 5.82 Å². The molecule has 7 nitrogen and oxygen atoms in total. The fraction of sp³-hybridized carbons (Fsp3) is 0.333. The molecule has 3 heterocycles. The number of halogens is 4. The van der Waals surface area contributed by atoms with E-state index < -0.39 is 17.6 Å². The molecule has 0 radical (unpaired) electrons. The first kappa shape index (κ1) is 21.7. The molecule has 2 aromatic heterocycles. The smallest absolute Gasteiger partial charge is 0.365 e. The Kier molecular flexibility index (Phi) is 5.81. The van der Waals surface area contributed by atoms with Crippen LogP contribution in [0.25, 0.3) is 5.69 Å². The van der Waals surface area contributed by atoms with Gasteiger partial charge in [-0.1, -0.05) is 0 Å². The highest BCUT2D eigenvalue weighted by atomic mass is 19.4. The van der Waals surface area contributed by atoms with Crippen LogP contribution < -0.4 is 5.32 Å². The molecule has 1 aromatic carbocycles. The molecule has 3 aromatic rings. The van der Waals surface area contributed by atoms with Crippen molar-refractivity contribution in [2.24, 2.45) is 0 Å². The van der Waals surface area contributed by atoms with Crippen LogP contribution in [-0.2, 0) is 6.18 Å². The molecule has 1 fully saturated rings. The first-order valence-electron chi connectivity index (χ1n) is 10.0. The summed E-state index contributed by atoms with van der Waals surface area (Å²) in [6, 6.07) is 5.54. The van der Waals surface area contributed by atoms with E-state index in [2.05, 4.69) is 20.5 Å². The summed E-state index contributed by atoms with van der Waals surface area (Å²) in [5.74, 6) is -0.530. The van der Waals surface area contributed by atoms with Crippen LogP contribution in [0.5, 0.6) is 0 Å². The lowest BCUT2D eigenvalue weighted by Gasteiger charge is -2.40. The number of carbonyl (C=O) groups is 1. The minimum Gasteiger partial charge on any atom is -0.365 e. The summed E-state index contributed by atoms with van der Waals surface area (Å²) in [4.78, 5) is 20.1. The molecule has 0 unspecified atom stereocenters. The lowest BCUT2D eigenvalue weighted by molar-refractivity contribution is -0.137. The van der Waals surface area contributed by atoms with Crippen LogP contribution in [0.3, 0.4) is 0 Å². The zero-order valence-corrected chi connectivity index (χ0v) is 17.1. The second-order valence-electron chi connectivity index (χ2n) is 7.54. The molecule has 1 aliphatic heterocycles. The van der Waals surface area contributed by atoms with Crippen molar-refractivity contribution >= 4 is 11.7 Å². The van der Waals surface area contributed by atoms with Gasteiger partial charge in [-0.15, -0.1) is 0 Å². The first-order valence-corrected chi connectivity index (χ1v) is 10.0. The number of alkyl halides is 3. The second kappa shape index (κ2) is 8.56. The minimum atomic E-state index is -4.46. The second-order valence-corrected chi connectivity index (χ2v) is 7.54. The third-order valence-electron chi connectivity index (χ3n) is 5.50. The molecule has 1 amide bonds. The maximum Gasteiger partial charge on any atom is 0.417 e. The van der Waals surface area contributed by atoms with Crippen molar-refractivity contribution in [3.63, 3.8) is 0 Å². The van der Waals surface area contributed by atoms with E-state index >= 15 is 0 Å². The average molecular weight is 448 g/mol. The Labute approximate surface area is 181 Å². The van der Waals surface area contributed by atoms with Crippen molar-refractivity contribution in [2.75, 3.05) is 11.9 Å². The van der Waals surface area contributed by atoms with Crippen LogP contribution in [-0.4, -0.2) is 49.4 Å². The Bertz CT molecular complexity index is 1080. The van der Waals surface area contributed by atoms with Gasteiger partial charge in [0.1, 0.15) is 17.3 Å². The molecule has 2 atom stereocenters. The van der Waals surface area contributed by atoms with E-state index in [9.17, 15) is 22.4 Å². The van der Waals surface area contributed by atoms with E-state index in [1.165, 1.54) is 41.5 Å². The van der Waals surface area contributed by atoms with Crippen molar-refractivity contribution in [1.29, 1.82) is 0 Å². The van der Waals surface area contributed by atoms with Crippen LogP contribution in [0.4, 0.5) is 23.4 Å². The number of hydrogen-bond donors (Lipinski definition) is 1. The predicted octanol–water partition coefficient (Wildman–Crippen LogP) is 3.93. The summed E-state index contributed by atoms with van der Waals surface area (Å²) < 4.78 is 52.1. The molecule has 168 valence electrons. The first-order chi connectivity index (χ1) is 15.2. The Balaban J connectivity index is 1.54. The number of pyridine rings is 1. The topological polar surface area (TPSA) is 75.9 Å². The summed E-state index contributed by atoms with van der Waals surface area (Å²) in [5, 5.41) is 11.1. The summed E-state index contributed by atoms with van der Waals surface area (Å²) in [7, 11) is 0. The Morgan fingerprint density at radius 3 is 2.56 bits per heavy atom. The highest BCUT2D eigenvalue weighted by Gasteiger charge is 2.34. The summed E-state index contributed by atoms with van der Waals surface area (Å²) in [6.07, 6.45) is 0.582. The number of rotatable bonds is 4. The molecule has 4 rings (SSSR count). The molecule has 32 heavy (non-hydrogen) atoms. The monoisotopic (exact) mass is 448 g/mol. The SMILES string of the molecule is C[C@H]1[C@H](Nc2ccc(C(F)(F)F)cn2)CCCN1C(=O)c1ccc(F)cc1-n1nccn1. The summed E-state index contributed by atoms with van der Waals surface area (Å²) in [6.45, 7) is 2.34. The number of aromatic nitrogens is 4. The standard InChI is InChI=1S/C21H20F4N6O/c1-13-17(29-19-7-4-14(12-26-19)21(23,24)25)3-2-10-30(13)20(32)16-6-5-15(22)11-18(16)31-27-8-9-28-31/h4-9,11-13,17H,2-3,10H2,1H3,(H,26,29)/t13-,17+/m0/s1. The average Bonchev–Trinajstić information content (AvgIpc) is 3.29. The minimum absolute atomic E-state index is 0.219. The number of likely N-dealkylation sites (tertiary alicyclic amines) is 1. The summed E-state index contributed by atoms with van der Waals surface area (Å²) >= 11 is 0. The van der Waals surface area contributed by atoms with Gasteiger partial charge in [-0.05, 0) is 44.0 Å². The molecule has 1 saturated heterocycles. The number of carbonyl (C=O) groups excluding carboxylic acids is 1. The van der Waals surface area contributed by atoms with Gasteiger partial charge in [0.2, 0.25) is 0 Å². The van der Waals surface area contributed by atoms with E-state index in [4.69, 9.17) is 0 Å². The maximum absolute atomic E-state index is 13.8. The number of benzene rings is 1. The third kappa shape index (κ3) is 4.41. The van der Waals surface area contributed by atoms with Crippen LogP contribution in [0.2, 0.25) is 0 Å². The van der Waals surface area contributed by atoms with Crippen molar-refractivity contribution in [3.05, 3.63) is 65.9 Å². The fourth-order valence-corrected chi connectivity index (χ4v) is 3.81. The van der Waals surface area contributed by atoms with Crippen molar-refractivity contribution < 1.29 is 22.4 Å². The molecule has 1 N–H and O–H groups in total. The quantitative estimate of drug-likeness (QED) is 0.613. The maximum atomic E-state index is 13.8. The lowest BCUT2D eigenvalue weighted by atomic mass is 9.96. The van der Waals surface area contributed by atoms with Gasteiger partial charge in [-0.2, -0.15) is 28.2 Å². The molecular formula is C21H20F4N6O. The molecule has 0 saturated carbocycles. The number of anilines is 1. The molecular weight excluding hydrogens is 428 g/mol. The van der Waals surface area contributed by atoms with Crippen LogP contribution >= 0.6 is 0 Å². The van der Waals surface area contributed by atoms with Gasteiger partial charge in [0.25, 0.3) is 5.91 Å². The van der Waals surface area contributed by atoms with E-state index in [0.29, 0.717) is 25.2 Å². The van der Waals surface area contributed by atoms with Gasteiger partial charge in [0.05, 0.1) is 23.5 Å². The highest BCUT2D eigenvalue weighted by molar-refractivity contribution is 5.98. The zero-order chi connectivity index (χ0) is 22.9. The third-order valence-corrected chi connectivity index (χ3v) is 5.50. The van der Waals surface area contributed by atoms with Crippen molar-refractivity contribution in [3.8, 4) is 5.69 Å². The number of amides is 1. The van der Waals surface area contributed by atoms with Crippen molar-refractivity contribution in [1.82, 2.24) is 24.9 Å². The number of piperidine rings is 1. The molecule has 1 aliphatic rings. The fourth-order valence-electron chi connectivity index (χ4n) is 3.81. The van der Waals surface area contributed by atoms with Gasteiger partial charge in [0.15, 0.2) is 0 Å². The van der Waals surface area contributed by atoms with Crippen LogP contribution in [0.1, 0.15) is 35.7 Å². The largest absolute Gasteiger partial charge is 0.417 e. The van der Waals surface area contributed by atoms with Gasteiger partial charge in [-0.25, -0.2) is 9.37 Å². The zero-order valence-electron chi connectivity index (χ0n) is 17.1. The molecule has 11 heteroatoms. The molecule has 0 bridgehead atoms. The van der Waals surface area contributed by atoms with Gasteiger partial charge in [0, 0.05) is 30.9 Å². The van der Waals surface area contributed by atoms with E-state index in [0.717, 1.165) is 12.3 Å². The summed E-state index contributed by atoms with van der Waals surface area (Å²) in [5.41, 5.74) is -0.345. The Morgan fingerprint density at radius 2 is 1.91 bits per heavy atom. The van der Waals surface area contributed by atoms with E-state index in [-0.39, 0.29) is 29.2 Å². The highest BCUT2D eigenvalue weighted by Crippen LogP contribution is 2.30. The Morgan fingerprint density at radius 1 is 1.16 bits per heavy atom. The lowest BCUT2D eigenvalue weighted by Crippen LogP contribution is -2.52. The normalized spacial score (nSPS) is 19.1. The van der Waals surface area contributed by atoms with Crippen LogP contribution in [0.15, 0.2) is 48.9 Å². The molecule has 0 spiro atoms. The van der Waals surface area contributed by atoms with Gasteiger partial charge < -0.3 is 10.2 Å². The predicted molar refractivity (Wildman–Crippen MR) is 108 cm³/mol. The van der Waals surface area contributed by atoms with E-state index in [1.807, 2.05) is 6.92 Å². The Hall–Kier alpha value is -3.50.